The average molecular weight is 191 g/mol. The minimum Gasteiger partial charge on any atom is -0.388 e. The molecule has 1 aromatic carbocycles. The Hall–Kier alpha value is -0.860. The molecule has 2 unspecified atom stereocenters. The molecule has 2 atom stereocenters. The van der Waals surface area contributed by atoms with Gasteiger partial charge in [0, 0.05) is 5.92 Å². The molecule has 0 bridgehead atoms. The molecule has 0 aliphatic heterocycles. The van der Waals surface area contributed by atoms with E-state index in [0.717, 1.165) is 12.0 Å². The van der Waals surface area contributed by atoms with E-state index in [9.17, 15) is 5.11 Å². The fraction of sp³-hybridized carbons (Fsp3) is 0.500. The van der Waals surface area contributed by atoms with E-state index in [1.54, 1.807) is 0 Å². The molecule has 1 aromatic rings. The van der Waals surface area contributed by atoms with Gasteiger partial charge in [-0.15, -0.1) is 0 Å². The van der Waals surface area contributed by atoms with E-state index < -0.39 is 0 Å². The van der Waals surface area contributed by atoms with E-state index >= 15 is 0 Å². The van der Waals surface area contributed by atoms with Crippen molar-refractivity contribution in [2.24, 2.45) is 11.7 Å². The molecular weight excluding hydrogens is 174 g/mol. The predicted molar refractivity (Wildman–Crippen MR) is 57.1 cm³/mol. The maximum absolute atomic E-state index is 10.0. The lowest BCUT2D eigenvalue weighted by Gasteiger charge is -2.11. The monoisotopic (exact) mass is 191 g/mol. The topological polar surface area (TPSA) is 46.2 Å². The standard InChI is InChI=1S/C12H17NO/c1-7-3-8(2)10-5-9(6-13)12(14)11(10)4-7/h3-4,9,12,14H,5-6,13H2,1-2H3. The molecule has 76 valence electrons. The summed E-state index contributed by atoms with van der Waals surface area (Å²) >= 11 is 0. The van der Waals surface area contributed by atoms with Crippen LogP contribution < -0.4 is 5.73 Å². The van der Waals surface area contributed by atoms with Crippen molar-refractivity contribution >= 4 is 0 Å². The summed E-state index contributed by atoms with van der Waals surface area (Å²) in [5, 5.41) is 10.0. The minimum atomic E-state index is -0.353. The molecule has 2 rings (SSSR count). The SMILES string of the molecule is Cc1cc(C)c2c(c1)C(O)C(CN)C2. The molecule has 0 radical (unpaired) electrons. The van der Waals surface area contributed by atoms with Crippen LogP contribution in [0, 0.1) is 19.8 Å². The summed E-state index contributed by atoms with van der Waals surface area (Å²) < 4.78 is 0. The van der Waals surface area contributed by atoms with Gasteiger partial charge < -0.3 is 10.8 Å². The molecule has 0 heterocycles. The third-order valence-electron chi connectivity index (χ3n) is 3.19. The number of hydrogen-bond donors (Lipinski definition) is 2. The van der Waals surface area contributed by atoms with Gasteiger partial charge in [-0.1, -0.05) is 17.7 Å². The Balaban J connectivity index is 2.48. The number of hydrogen-bond acceptors (Lipinski definition) is 2. The normalized spacial score (nSPS) is 25.1. The smallest absolute Gasteiger partial charge is 0.0836 e. The van der Waals surface area contributed by atoms with E-state index in [0.29, 0.717) is 6.54 Å². The molecule has 2 nitrogen and oxygen atoms in total. The number of fused-ring (bicyclic) bond motifs is 1. The molecular formula is C12H17NO. The van der Waals surface area contributed by atoms with Crippen molar-refractivity contribution in [1.29, 1.82) is 0 Å². The van der Waals surface area contributed by atoms with Crippen LogP contribution in [0.15, 0.2) is 12.1 Å². The van der Waals surface area contributed by atoms with Crippen molar-refractivity contribution in [2.75, 3.05) is 6.54 Å². The molecule has 0 fully saturated rings. The first-order valence-electron chi connectivity index (χ1n) is 5.11. The summed E-state index contributed by atoms with van der Waals surface area (Å²) in [4.78, 5) is 0. The van der Waals surface area contributed by atoms with Crippen LogP contribution in [0.5, 0.6) is 0 Å². The Bertz CT molecular complexity index is 360. The van der Waals surface area contributed by atoms with E-state index in [1.165, 1.54) is 16.7 Å². The fourth-order valence-corrected chi connectivity index (χ4v) is 2.41. The zero-order valence-corrected chi connectivity index (χ0v) is 8.75. The molecule has 0 spiro atoms. The zero-order chi connectivity index (χ0) is 10.3. The van der Waals surface area contributed by atoms with Gasteiger partial charge in [0.1, 0.15) is 0 Å². The van der Waals surface area contributed by atoms with Crippen molar-refractivity contribution in [3.05, 3.63) is 34.4 Å². The Morgan fingerprint density at radius 1 is 1.43 bits per heavy atom. The first-order valence-corrected chi connectivity index (χ1v) is 5.11. The number of nitrogens with two attached hydrogens (primary N) is 1. The second-order valence-electron chi connectivity index (χ2n) is 4.29. The van der Waals surface area contributed by atoms with Gasteiger partial charge >= 0.3 is 0 Å². The Morgan fingerprint density at radius 2 is 2.14 bits per heavy atom. The summed E-state index contributed by atoms with van der Waals surface area (Å²) in [6, 6.07) is 4.26. The van der Waals surface area contributed by atoms with Gasteiger partial charge in [0.05, 0.1) is 6.10 Å². The predicted octanol–water partition coefficient (Wildman–Crippen LogP) is 1.47. The molecule has 0 aromatic heterocycles. The van der Waals surface area contributed by atoms with Crippen LogP contribution in [0.4, 0.5) is 0 Å². The first-order chi connectivity index (χ1) is 6.63. The van der Waals surface area contributed by atoms with E-state index in [1.807, 2.05) is 0 Å². The van der Waals surface area contributed by atoms with Gasteiger partial charge in [0.15, 0.2) is 0 Å². The Morgan fingerprint density at radius 3 is 2.79 bits per heavy atom. The lowest BCUT2D eigenvalue weighted by Crippen LogP contribution is -2.18. The lowest BCUT2D eigenvalue weighted by molar-refractivity contribution is 0.127. The summed E-state index contributed by atoms with van der Waals surface area (Å²) in [5.41, 5.74) is 10.5. The van der Waals surface area contributed by atoms with Crippen LogP contribution in [0.25, 0.3) is 0 Å². The first kappa shape index (κ1) is 9.69. The average Bonchev–Trinajstić information content (AvgIpc) is 2.44. The molecule has 1 aliphatic carbocycles. The molecule has 14 heavy (non-hydrogen) atoms. The van der Waals surface area contributed by atoms with Crippen molar-refractivity contribution in [1.82, 2.24) is 0 Å². The molecule has 2 heteroatoms. The van der Waals surface area contributed by atoms with Gasteiger partial charge in [0.2, 0.25) is 0 Å². The molecule has 0 saturated heterocycles. The quantitative estimate of drug-likeness (QED) is 0.706. The van der Waals surface area contributed by atoms with Gasteiger partial charge in [-0.25, -0.2) is 0 Å². The number of aliphatic hydroxyl groups excluding tert-OH is 1. The maximum atomic E-state index is 10.0. The van der Waals surface area contributed by atoms with Gasteiger partial charge in [-0.2, -0.15) is 0 Å². The van der Waals surface area contributed by atoms with Gasteiger partial charge in [-0.05, 0) is 43.5 Å². The lowest BCUT2D eigenvalue weighted by atomic mass is 10.0. The van der Waals surface area contributed by atoms with Gasteiger partial charge in [0.25, 0.3) is 0 Å². The van der Waals surface area contributed by atoms with Crippen molar-refractivity contribution in [3.63, 3.8) is 0 Å². The molecule has 1 aliphatic rings. The number of aryl methyl sites for hydroxylation is 2. The van der Waals surface area contributed by atoms with E-state index in [4.69, 9.17) is 5.73 Å². The summed E-state index contributed by atoms with van der Waals surface area (Å²) in [6.45, 7) is 4.74. The number of rotatable bonds is 1. The second-order valence-corrected chi connectivity index (χ2v) is 4.29. The zero-order valence-electron chi connectivity index (χ0n) is 8.75. The van der Waals surface area contributed by atoms with Gasteiger partial charge in [-0.3, -0.25) is 0 Å². The highest BCUT2D eigenvalue weighted by Gasteiger charge is 2.30. The van der Waals surface area contributed by atoms with E-state index in [2.05, 4.69) is 26.0 Å². The second kappa shape index (κ2) is 3.37. The van der Waals surface area contributed by atoms with Crippen molar-refractivity contribution in [3.8, 4) is 0 Å². The molecule has 0 amide bonds. The van der Waals surface area contributed by atoms with E-state index in [-0.39, 0.29) is 12.0 Å². The van der Waals surface area contributed by atoms with Crippen LogP contribution in [-0.2, 0) is 6.42 Å². The van der Waals surface area contributed by atoms with Crippen LogP contribution >= 0.6 is 0 Å². The highest BCUT2D eigenvalue weighted by Crippen LogP contribution is 2.37. The highest BCUT2D eigenvalue weighted by atomic mass is 16.3. The Labute approximate surface area is 84.7 Å². The largest absolute Gasteiger partial charge is 0.388 e. The summed E-state index contributed by atoms with van der Waals surface area (Å²) in [6.07, 6.45) is 0.577. The summed E-state index contributed by atoms with van der Waals surface area (Å²) in [7, 11) is 0. The highest BCUT2D eigenvalue weighted by molar-refractivity contribution is 5.43. The van der Waals surface area contributed by atoms with Crippen LogP contribution in [0.1, 0.15) is 28.4 Å². The third-order valence-corrected chi connectivity index (χ3v) is 3.19. The fourth-order valence-electron chi connectivity index (χ4n) is 2.41. The van der Waals surface area contributed by atoms with Crippen LogP contribution in [0.2, 0.25) is 0 Å². The van der Waals surface area contributed by atoms with Crippen molar-refractivity contribution < 1.29 is 5.11 Å². The minimum absolute atomic E-state index is 0.213. The van der Waals surface area contributed by atoms with Crippen LogP contribution in [-0.4, -0.2) is 11.7 Å². The number of benzene rings is 1. The third kappa shape index (κ3) is 1.35. The molecule has 0 saturated carbocycles. The summed E-state index contributed by atoms with van der Waals surface area (Å²) in [5.74, 6) is 0.213. The maximum Gasteiger partial charge on any atom is 0.0836 e. The van der Waals surface area contributed by atoms with Crippen molar-refractivity contribution in [2.45, 2.75) is 26.4 Å². The number of aliphatic hydroxyl groups is 1. The molecule has 3 N–H and O–H groups in total. The van der Waals surface area contributed by atoms with Crippen LogP contribution in [0.3, 0.4) is 0 Å². The Kier molecular flexibility index (Phi) is 2.33.